The molecule has 2 atom stereocenters. The molecule has 0 spiro atoms. The summed E-state index contributed by atoms with van der Waals surface area (Å²) in [5.74, 6) is -0.0387. The summed E-state index contributed by atoms with van der Waals surface area (Å²) in [7, 11) is -4.03. The van der Waals surface area contributed by atoms with Crippen LogP contribution in [0.3, 0.4) is 0 Å². The Morgan fingerprint density at radius 2 is 1.71 bits per heavy atom. The minimum absolute atomic E-state index is 0.00206. The van der Waals surface area contributed by atoms with Crippen molar-refractivity contribution in [2.45, 2.75) is 30.3 Å². The number of rotatable bonds is 7. The van der Waals surface area contributed by atoms with Crippen molar-refractivity contribution in [3.63, 3.8) is 0 Å². The Morgan fingerprint density at radius 3 is 2.52 bits per heavy atom. The van der Waals surface area contributed by atoms with E-state index in [0.29, 0.717) is 40.9 Å². The highest BCUT2D eigenvalue weighted by atomic mass is 35.5. The lowest BCUT2D eigenvalue weighted by Crippen LogP contribution is -2.47. The monoisotopic (exact) mass is 622 g/mol. The average molecular weight is 624 g/mol. The van der Waals surface area contributed by atoms with Gasteiger partial charge in [-0.05, 0) is 66.4 Å². The van der Waals surface area contributed by atoms with Crippen molar-refractivity contribution in [2.75, 3.05) is 22.7 Å². The van der Waals surface area contributed by atoms with Crippen LogP contribution < -0.4 is 20.5 Å². The van der Waals surface area contributed by atoms with Crippen molar-refractivity contribution < 1.29 is 13.2 Å². The fourth-order valence-corrected chi connectivity index (χ4v) is 7.45. The smallest absolute Gasteiger partial charge is 0.262 e. The van der Waals surface area contributed by atoms with Gasteiger partial charge in [0, 0.05) is 59.5 Å². The van der Waals surface area contributed by atoms with Crippen LogP contribution in [0.1, 0.15) is 34.0 Å². The molecule has 2 aliphatic rings. The maximum atomic E-state index is 13.5. The quantitative estimate of drug-likeness (QED) is 0.283. The molecule has 4 aromatic rings. The van der Waals surface area contributed by atoms with Crippen LogP contribution in [-0.4, -0.2) is 32.0 Å². The third-order valence-electron chi connectivity index (χ3n) is 7.83. The number of anilines is 2. The lowest BCUT2D eigenvalue weighted by atomic mass is 9.83. The summed E-state index contributed by atoms with van der Waals surface area (Å²) in [5.41, 5.74) is 2.99. The molecule has 42 heavy (non-hydrogen) atoms. The molecule has 2 aliphatic heterocycles. The molecular weight excluding hydrogens is 595 g/mol. The van der Waals surface area contributed by atoms with Crippen LogP contribution >= 0.6 is 23.2 Å². The third kappa shape index (κ3) is 5.77. The van der Waals surface area contributed by atoms with E-state index < -0.39 is 10.0 Å². The molecule has 0 unspecified atom stereocenters. The van der Waals surface area contributed by atoms with E-state index in [1.807, 2.05) is 28.8 Å². The van der Waals surface area contributed by atoms with Gasteiger partial charge in [0.05, 0.1) is 16.3 Å². The minimum Gasteiger partial charge on any atom is -0.369 e. The molecule has 1 fully saturated rings. The van der Waals surface area contributed by atoms with Crippen molar-refractivity contribution in [2.24, 2.45) is 5.92 Å². The standard InChI is InChI=1S/C31H28Cl2N4O4S/c32-24-6-3-7-25(15-24)42(40,41)35-27-14-21(31(39)34-16-22-5-1-2-8-26(22)33)11-12-29(27)36-17-20-13-23(19-36)28-9-4-10-30(38)37(28)18-20/h1-12,14-15,20,23,35H,13,16-19H2,(H,34,39)/t20-,23+/m1/s1. The SMILES string of the molecule is O=C(NCc1ccccc1Cl)c1ccc(N2C[C@H]3C[C@@H](C2)c2cccc(=O)n2C3)c(NS(=O)(=O)c2cccc(Cl)c2)c1. The van der Waals surface area contributed by atoms with Crippen LogP contribution in [0.2, 0.25) is 10.0 Å². The Kier molecular flexibility index (Phi) is 7.74. The summed E-state index contributed by atoms with van der Waals surface area (Å²) in [6.45, 7) is 2.07. The Labute approximate surface area is 253 Å². The second-order valence-electron chi connectivity index (χ2n) is 10.7. The predicted molar refractivity (Wildman–Crippen MR) is 165 cm³/mol. The number of hydrogen-bond donors (Lipinski definition) is 2. The van der Waals surface area contributed by atoms with E-state index >= 15 is 0 Å². The van der Waals surface area contributed by atoms with Crippen molar-refractivity contribution in [3.05, 3.63) is 122 Å². The van der Waals surface area contributed by atoms with Crippen LogP contribution in [0, 0.1) is 5.92 Å². The van der Waals surface area contributed by atoms with Crippen LogP contribution in [0.5, 0.6) is 0 Å². The van der Waals surface area contributed by atoms with Crippen LogP contribution in [0.4, 0.5) is 11.4 Å². The molecule has 8 nitrogen and oxygen atoms in total. The molecule has 1 amide bonds. The summed E-state index contributed by atoms with van der Waals surface area (Å²) >= 11 is 12.3. The molecule has 6 rings (SSSR count). The van der Waals surface area contributed by atoms with E-state index in [1.54, 1.807) is 48.5 Å². The van der Waals surface area contributed by atoms with E-state index in [2.05, 4.69) is 14.9 Å². The van der Waals surface area contributed by atoms with Gasteiger partial charge in [-0.2, -0.15) is 0 Å². The molecule has 3 aromatic carbocycles. The van der Waals surface area contributed by atoms with Gasteiger partial charge in [0.25, 0.3) is 21.5 Å². The fraction of sp³-hybridized carbons (Fsp3) is 0.226. The third-order valence-corrected chi connectivity index (χ3v) is 9.79. The van der Waals surface area contributed by atoms with E-state index in [4.69, 9.17) is 23.2 Å². The van der Waals surface area contributed by atoms with Gasteiger partial charge in [-0.15, -0.1) is 0 Å². The number of amides is 1. The van der Waals surface area contributed by atoms with Crippen molar-refractivity contribution in [3.8, 4) is 0 Å². The van der Waals surface area contributed by atoms with Crippen LogP contribution in [0.15, 0.2) is 94.6 Å². The highest BCUT2D eigenvalue weighted by Gasteiger charge is 2.35. The van der Waals surface area contributed by atoms with Crippen molar-refractivity contribution in [1.29, 1.82) is 0 Å². The second kappa shape index (κ2) is 11.5. The molecule has 11 heteroatoms. The zero-order valence-electron chi connectivity index (χ0n) is 22.5. The summed E-state index contributed by atoms with van der Waals surface area (Å²) in [6, 6.07) is 23.6. The average Bonchev–Trinajstić information content (AvgIpc) is 2.97. The zero-order chi connectivity index (χ0) is 29.4. The summed E-state index contributed by atoms with van der Waals surface area (Å²) in [5, 5.41) is 3.71. The molecule has 0 radical (unpaired) electrons. The summed E-state index contributed by atoms with van der Waals surface area (Å²) in [6.07, 6.45) is 0.950. The van der Waals surface area contributed by atoms with E-state index in [9.17, 15) is 18.0 Å². The molecule has 1 aromatic heterocycles. The number of halogens is 2. The molecule has 1 saturated heterocycles. The van der Waals surface area contributed by atoms with Gasteiger partial charge in [-0.1, -0.05) is 53.5 Å². The molecule has 2 N–H and O–H groups in total. The van der Waals surface area contributed by atoms with Crippen LogP contribution in [-0.2, 0) is 23.1 Å². The van der Waals surface area contributed by atoms with Gasteiger partial charge >= 0.3 is 0 Å². The number of sulfonamides is 1. The fourth-order valence-electron chi connectivity index (χ4n) is 5.89. The number of aromatic nitrogens is 1. The van der Waals surface area contributed by atoms with Gasteiger partial charge in [0.1, 0.15) is 0 Å². The molecule has 216 valence electrons. The van der Waals surface area contributed by atoms with Crippen molar-refractivity contribution >= 4 is 50.5 Å². The zero-order valence-corrected chi connectivity index (χ0v) is 24.8. The highest BCUT2D eigenvalue weighted by Crippen LogP contribution is 2.40. The summed E-state index contributed by atoms with van der Waals surface area (Å²) < 4.78 is 31.5. The number of pyridine rings is 1. The molecule has 0 saturated carbocycles. The van der Waals surface area contributed by atoms with Gasteiger partial charge < -0.3 is 14.8 Å². The van der Waals surface area contributed by atoms with Crippen LogP contribution in [0.25, 0.3) is 0 Å². The number of hydrogen-bond acceptors (Lipinski definition) is 5. The molecule has 0 aliphatic carbocycles. The van der Waals surface area contributed by atoms with E-state index in [-0.39, 0.29) is 40.4 Å². The lowest BCUT2D eigenvalue weighted by Gasteiger charge is -2.44. The minimum atomic E-state index is -4.03. The number of fused-ring (bicyclic) bond motifs is 4. The normalized spacial score (nSPS) is 17.8. The first-order valence-corrected chi connectivity index (χ1v) is 15.8. The van der Waals surface area contributed by atoms with Gasteiger partial charge in [-0.25, -0.2) is 8.42 Å². The molecule has 2 bridgehead atoms. The predicted octanol–water partition coefficient (Wildman–Crippen LogP) is 5.51. The number of nitrogens with one attached hydrogen (secondary N) is 2. The number of nitrogens with zero attached hydrogens (tertiary/aromatic N) is 2. The summed E-state index contributed by atoms with van der Waals surface area (Å²) in [4.78, 5) is 27.8. The second-order valence-corrected chi connectivity index (χ2v) is 13.2. The maximum absolute atomic E-state index is 13.5. The van der Waals surface area contributed by atoms with E-state index in [0.717, 1.165) is 17.7 Å². The lowest BCUT2D eigenvalue weighted by molar-refractivity contribution is 0.0951. The first-order valence-electron chi connectivity index (χ1n) is 13.6. The number of benzene rings is 3. The Bertz CT molecular complexity index is 1840. The maximum Gasteiger partial charge on any atom is 0.262 e. The first kappa shape index (κ1) is 28.3. The van der Waals surface area contributed by atoms with Gasteiger partial charge in [-0.3, -0.25) is 14.3 Å². The Balaban J connectivity index is 1.33. The number of piperidine rings is 1. The first-order chi connectivity index (χ1) is 20.2. The molecular formula is C31H28Cl2N4O4S. The van der Waals surface area contributed by atoms with E-state index in [1.165, 1.54) is 12.1 Å². The number of carbonyl (C=O) groups excluding carboxylic acids is 1. The molecule has 3 heterocycles. The Hall–Kier alpha value is -3.79. The van der Waals surface area contributed by atoms with Crippen molar-refractivity contribution in [1.82, 2.24) is 9.88 Å². The Morgan fingerprint density at radius 1 is 0.905 bits per heavy atom. The van der Waals surface area contributed by atoms with Gasteiger partial charge in [0.2, 0.25) is 0 Å². The number of carbonyl (C=O) groups is 1. The largest absolute Gasteiger partial charge is 0.369 e. The highest BCUT2D eigenvalue weighted by molar-refractivity contribution is 7.92. The van der Waals surface area contributed by atoms with Gasteiger partial charge in [0.15, 0.2) is 0 Å². The topological polar surface area (TPSA) is 101 Å².